The number of halogens is 1. The van der Waals surface area contributed by atoms with Crippen LogP contribution < -0.4 is 9.80 Å². The lowest BCUT2D eigenvalue weighted by atomic mass is 10.00. The van der Waals surface area contributed by atoms with E-state index in [4.69, 9.17) is 0 Å². The van der Waals surface area contributed by atoms with E-state index in [0.29, 0.717) is 43.6 Å². The Kier molecular flexibility index (Phi) is 5.92. The minimum absolute atomic E-state index is 0.0770. The zero-order chi connectivity index (χ0) is 20.2. The molecular formula is C22H28FN5O. The molecule has 0 saturated carbocycles. The number of nitrogens with zero attached hydrogens (tertiary/aromatic N) is 5. The van der Waals surface area contributed by atoms with Gasteiger partial charge in [0.1, 0.15) is 23.7 Å². The molecular weight excluding hydrogens is 369 g/mol. The van der Waals surface area contributed by atoms with Crippen molar-refractivity contribution in [1.82, 2.24) is 14.9 Å². The molecule has 1 amide bonds. The van der Waals surface area contributed by atoms with Crippen LogP contribution in [0.5, 0.6) is 0 Å². The fourth-order valence-electron chi connectivity index (χ4n) is 4.37. The summed E-state index contributed by atoms with van der Waals surface area (Å²) in [6.07, 6.45) is 6.15. The van der Waals surface area contributed by atoms with Crippen molar-refractivity contribution in [3.8, 4) is 0 Å². The number of carbonyl (C=O) groups excluding carboxylic acids is 1. The molecule has 0 aliphatic carbocycles. The maximum Gasteiger partial charge on any atom is 0.272 e. The van der Waals surface area contributed by atoms with E-state index in [-0.39, 0.29) is 11.7 Å². The molecule has 1 aromatic carbocycles. The molecule has 2 fully saturated rings. The van der Waals surface area contributed by atoms with Crippen LogP contribution in [0.25, 0.3) is 0 Å². The second-order valence-electron chi connectivity index (χ2n) is 7.74. The molecule has 4 rings (SSSR count). The lowest BCUT2D eigenvalue weighted by molar-refractivity contribution is 0.0740. The Morgan fingerprint density at radius 2 is 1.90 bits per heavy atom. The van der Waals surface area contributed by atoms with Gasteiger partial charge in [0.05, 0.1) is 5.69 Å². The van der Waals surface area contributed by atoms with Gasteiger partial charge in [0.25, 0.3) is 5.91 Å². The van der Waals surface area contributed by atoms with Gasteiger partial charge in [-0.3, -0.25) is 4.79 Å². The summed E-state index contributed by atoms with van der Waals surface area (Å²) in [5.74, 6) is 0.548. The van der Waals surface area contributed by atoms with Crippen molar-refractivity contribution < 1.29 is 9.18 Å². The molecule has 29 heavy (non-hydrogen) atoms. The van der Waals surface area contributed by atoms with Crippen molar-refractivity contribution in [3.05, 3.63) is 48.2 Å². The Bertz CT molecular complexity index is 853. The molecule has 154 valence electrons. The van der Waals surface area contributed by atoms with Crippen LogP contribution in [0.4, 0.5) is 15.9 Å². The zero-order valence-corrected chi connectivity index (χ0v) is 16.9. The average molecular weight is 397 g/mol. The minimum atomic E-state index is -0.222. The second-order valence-corrected chi connectivity index (χ2v) is 7.74. The SMILES string of the molecule is CCC1CCCCN1c1cc(C(=O)N2CCN(c3ccccc3F)CC2)ncn1. The third-order valence-corrected chi connectivity index (χ3v) is 6.02. The fraction of sp³-hybridized carbons (Fsp3) is 0.500. The molecule has 2 aliphatic heterocycles. The van der Waals surface area contributed by atoms with Crippen molar-refractivity contribution in [3.63, 3.8) is 0 Å². The van der Waals surface area contributed by atoms with E-state index >= 15 is 0 Å². The molecule has 1 unspecified atom stereocenters. The molecule has 2 aromatic rings. The summed E-state index contributed by atoms with van der Waals surface area (Å²) in [5, 5.41) is 0. The van der Waals surface area contributed by atoms with Gasteiger partial charge in [-0.2, -0.15) is 0 Å². The number of hydrogen-bond acceptors (Lipinski definition) is 5. The summed E-state index contributed by atoms with van der Waals surface area (Å²) < 4.78 is 14.0. The first-order valence-corrected chi connectivity index (χ1v) is 10.5. The highest BCUT2D eigenvalue weighted by Gasteiger charge is 2.26. The van der Waals surface area contributed by atoms with Gasteiger partial charge in [-0.15, -0.1) is 0 Å². The van der Waals surface area contributed by atoms with Gasteiger partial charge in [0.2, 0.25) is 0 Å². The number of carbonyl (C=O) groups is 1. The monoisotopic (exact) mass is 397 g/mol. The van der Waals surface area contributed by atoms with E-state index in [1.54, 1.807) is 17.0 Å². The van der Waals surface area contributed by atoms with Crippen molar-refractivity contribution in [2.75, 3.05) is 42.5 Å². The Labute approximate surface area is 171 Å². The number of hydrogen-bond donors (Lipinski definition) is 0. The number of benzene rings is 1. The average Bonchev–Trinajstić information content (AvgIpc) is 2.79. The van der Waals surface area contributed by atoms with E-state index in [0.717, 1.165) is 25.2 Å². The van der Waals surface area contributed by atoms with Crippen LogP contribution in [-0.2, 0) is 0 Å². The molecule has 0 spiro atoms. The first-order valence-electron chi connectivity index (χ1n) is 10.5. The highest BCUT2D eigenvalue weighted by molar-refractivity contribution is 5.93. The molecule has 2 aliphatic rings. The van der Waals surface area contributed by atoms with Crippen molar-refractivity contribution in [2.24, 2.45) is 0 Å². The summed E-state index contributed by atoms with van der Waals surface area (Å²) in [5.41, 5.74) is 1.04. The van der Waals surface area contributed by atoms with Crippen LogP contribution in [0, 0.1) is 5.82 Å². The predicted molar refractivity (Wildman–Crippen MR) is 112 cm³/mol. The Balaban J connectivity index is 1.43. The maximum atomic E-state index is 14.0. The highest BCUT2D eigenvalue weighted by Crippen LogP contribution is 2.25. The third kappa shape index (κ3) is 4.18. The molecule has 0 radical (unpaired) electrons. The summed E-state index contributed by atoms with van der Waals surface area (Å²) in [6.45, 7) is 5.49. The second kappa shape index (κ2) is 8.76. The van der Waals surface area contributed by atoms with Gasteiger partial charge in [-0.25, -0.2) is 14.4 Å². The third-order valence-electron chi connectivity index (χ3n) is 6.02. The van der Waals surface area contributed by atoms with Gasteiger partial charge in [-0.05, 0) is 37.8 Å². The lowest BCUT2D eigenvalue weighted by Gasteiger charge is -2.37. The molecule has 3 heterocycles. The standard InChI is InChI=1S/C22H28FN5O/c1-2-17-7-5-6-10-28(17)21-15-19(24-16-25-21)22(29)27-13-11-26(12-14-27)20-9-4-3-8-18(20)23/h3-4,8-9,15-17H,2,5-7,10-14H2,1H3. The van der Waals surface area contributed by atoms with Crippen molar-refractivity contribution >= 4 is 17.4 Å². The van der Waals surface area contributed by atoms with E-state index in [2.05, 4.69) is 21.8 Å². The number of aromatic nitrogens is 2. The van der Waals surface area contributed by atoms with E-state index in [9.17, 15) is 9.18 Å². The van der Waals surface area contributed by atoms with Crippen LogP contribution in [0.15, 0.2) is 36.7 Å². The molecule has 2 saturated heterocycles. The van der Waals surface area contributed by atoms with Gasteiger partial charge < -0.3 is 14.7 Å². The van der Waals surface area contributed by atoms with Crippen molar-refractivity contribution in [1.29, 1.82) is 0 Å². The van der Waals surface area contributed by atoms with Gasteiger partial charge in [0.15, 0.2) is 0 Å². The topological polar surface area (TPSA) is 52.6 Å². The predicted octanol–water partition coefficient (Wildman–Crippen LogP) is 3.35. The number of rotatable bonds is 4. The first-order chi connectivity index (χ1) is 14.2. The number of piperidine rings is 1. The molecule has 0 bridgehead atoms. The molecule has 1 aromatic heterocycles. The minimum Gasteiger partial charge on any atom is -0.366 e. The van der Waals surface area contributed by atoms with Crippen LogP contribution in [0.2, 0.25) is 0 Å². The van der Waals surface area contributed by atoms with Crippen LogP contribution in [-0.4, -0.2) is 59.5 Å². The van der Waals surface area contributed by atoms with Crippen LogP contribution in [0.3, 0.4) is 0 Å². The molecule has 6 nitrogen and oxygen atoms in total. The first kappa shape index (κ1) is 19.6. The highest BCUT2D eigenvalue weighted by atomic mass is 19.1. The lowest BCUT2D eigenvalue weighted by Crippen LogP contribution is -2.49. The molecule has 7 heteroatoms. The van der Waals surface area contributed by atoms with Crippen LogP contribution >= 0.6 is 0 Å². The smallest absolute Gasteiger partial charge is 0.272 e. The molecule has 1 atom stereocenters. The Morgan fingerprint density at radius 3 is 2.66 bits per heavy atom. The number of anilines is 2. The number of piperazine rings is 1. The quantitative estimate of drug-likeness (QED) is 0.792. The largest absolute Gasteiger partial charge is 0.366 e. The van der Waals surface area contributed by atoms with E-state index in [1.165, 1.54) is 25.2 Å². The summed E-state index contributed by atoms with van der Waals surface area (Å²) in [6, 6.07) is 9.09. The summed E-state index contributed by atoms with van der Waals surface area (Å²) >= 11 is 0. The Morgan fingerprint density at radius 1 is 1.10 bits per heavy atom. The van der Waals surface area contributed by atoms with Gasteiger partial charge in [0, 0.05) is 44.8 Å². The normalized spacial score (nSPS) is 20.1. The maximum absolute atomic E-state index is 14.0. The van der Waals surface area contributed by atoms with Crippen molar-refractivity contribution in [2.45, 2.75) is 38.6 Å². The summed E-state index contributed by atoms with van der Waals surface area (Å²) in [7, 11) is 0. The Hall–Kier alpha value is -2.70. The van der Waals surface area contributed by atoms with E-state index < -0.39 is 0 Å². The molecule has 0 N–H and O–H groups in total. The number of para-hydroxylation sites is 1. The van der Waals surface area contributed by atoms with Crippen LogP contribution in [0.1, 0.15) is 43.1 Å². The number of amides is 1. The van der Waals surface area contributed by atoms with E-state index in [1.807, 2.05) is 17.0 Å². The fourth-order valence-corrected chi connectivity index (χ4v) is 4.37. The zero-order valence-electron chi connectivity index (χ0n) is 16.9. The summed E-state index contributed by atoms with van der Waals surface area (Å²) in [4.78, 5) is 27.8. The van der Waals surface area contributed by atoms with Gasteiger partial charge >= 0.3 is 0 Å². The van der Waals surface area contributed by atoms with Gasteiger partial charge in [-0.1, -0.05) is 19.1 Å².